The van der Waals surface area contributed by atoms with Crippen molar-refractivity contribution in [2.45, 2.75) is 13.0 Å². The van der Waals surface area contributed by atoms with E-state index < -0.39 is 0 Å². The Hall–Kier alpha value is -3.55. The Kier molecular flexibility index (Phi) is 5.33. The lowest BCUT2D eigenvalue weighted by Gasteiger charge is -2.17. The molecule has 0 fully saturated rings. The Balaban J connectivity index is 1.55. The highest BCUT2D eigenvalue weighted by Gasteiger charge is 2.24. The van der Waals surface area contributed by atoms with Crippen molar-refractivity contribution in [2.75, 3.05) is 38.1 Å². The predicted octanol–water partition coefficient (Wildman–Crippen LogP) is 3.20. The monoisotopic (exact) mass is 393 g/mol. The van der Waals surface area contributed by atoms with Crippen LogP contribution in [0.25, 0.3) is 0 Å². The van der Waals surface area contributed by atoms with Gasteiger partial charge in [0.15, 0.2) is 11.5 Å². The van der Waals surface area contributed by atoms with Gasteiger partial charge in [0.2, 0.25) is 11.7 Å². The van der Waals surface area contributed by atoms with Gasteiger partial charge in [0.25, 0.3) is 0 Å². The number of aromatic nitrogens is 3. The van der Waals surface area contributed by atoms with Gasteiger partial charge in [-0.25, -0.2) is 9.97 Å². The molecule has 2 aromatic heterocycles. The van der Waals surface area contributed by atoms with Gasteiger partial charge in [-0.2, -0.15) is 4.98 Å². The van der Waals surface area contributed by atoms with Crippen molar-refractivity contribution >= 4 is 17.6 Å². The average Bonchev–Trinajstić information content (AvgIpc) is 3.20. The zero-order chi connectivity index (χ0) is 20.2. The SMILES string of the molecule is COc1cc(CNc2ncc3c(n2)N(c2ccccn2)CC3)cc(OC)c1OC. The maximum absolute atomic E-state index is 5.42. The van der Waals surface area contributed by atoms with Gasteiger partial charge in [-0.3, -0.25) is 0 Å². The number of nitrogens with zero attached hydrogens (tertiary/aromatic N) is 4. The number of fused-ring (bicyclic) bond motifs is 1. The van der Waals surface area contributed by atoms with E-state index >= 15 is 0 Å². The van der Waals surface area contributed by atoms with Crippen LogP contribution in [0.3, 0.4) is 0 Å². The molecule has 1 N–H and O–H groups in total. The third-order valence-electron chi connectivity index (χ3n) is 4.80. The highest BCUT2D eigenvalue weighted by Crippen LogP contribution is 2.38. The van der Waals surface area contributed by atoms with Crippen LogP contribution in [0.4, 0.5) is 17.6 Å². The Bertz CT molecular complexity index is 972. The average molecular weight is 393 g/mol. The van der Waals surface area contributed by atoms with E-state index in [-0.39, 0.29) is 0 Å². The number of hydrogen-bond donors (Lipinski definition) is 1. The maximum atomic E-state index is 5.42. The lowest BCUT2D eigenvalue weighted by atomic mass is 10.2. The number of nitrogens with one attached hydrogen (secondary N) is 1. The Labute approximate surface area is 169 Å². The van der Waals surface area contributed by atoms with Crippen LogP contribution >= 0.6 is 0 Å². The molecule has 1 aliphatic heterocycles. The fourth-order valence-corrected chi connectivity index (χ4v) is 3.39. The molecule has 0 unspecified atom stereocenters. The minimum absolute atomic E-state index is 0.513. The summed E-state index contributed by atoms with van der Waals surface area (Å²) in [4.78, 5) is 15.7. The molecule has 1 aliphatic rings. The van der Waals surface area contributed by atoms with Crippen molar-refractivity contribution in [3.8, 4) is 17.2 Å². The molecule has 0 spiro atoms. The fraction of sp³-hybridized carbons (Fsp3) is 0.286. The summed E-state index contributed by atoms with van der Waals surface area (Å²) < 4.78 is 16.2. The Morgan fingerprint density at radius 2 is 1.83 bits per heavy atom. The van der Waals surface area contributed by atoms with Crippen molar-refractivity contribution in [1.82, 2.24) is 15.0 Å². The summed E-state index contributed by atoms with van der Waals surface area (Å²) in [5, 5.41) is 3.28. The van der Waals surface area contributed by atoms with Gasteiger partial charge >= 0.3 is 0 Å². The number of benzene rings is 1. The van der Waals surface area contributed by atoms with Crippen LogP contribution in [-0.4, -0.2) is 42.8 Å². The first-order chi connectivity index (χ1) is 14.2. The van der Waals surface area contributed by atoms with E-state index in [1.165, 1.54) is 0 Å². The summed E-state index contributed by atoms with van der Waals surface area (Å²) in [5.41, 5.74) is 2.08. The van der Waals surface area contributed by atoms with Crippen molar-refractivity contribution in [1.29, 1.82) is 0 Å². The van der Waals surface area contributed by atoms with Gasteiger partial charge in [0.1, 0.15) is 11.6 Å². The zero-order valence-electron chi connectivity index (χ0n) is 16.7. The molecule has 0 saturated carbocycles. The van der Waals surface area contributed by atoms with Crippen LogP contribution in [0.5, 0.6) is 17.2 Å². The Morgan fingerprint density at radius 1 is 1.03 bits per heavy atom. The van der Waals surface area contributed by atoms with Crippen LogP contribution < -0.4 is 24.4 Å². The second-order valence-electron chi connectivity index (χ2n) is 6.52. The molecule has 29 heavy (non-hydrogen) atoms. The molecule has 150 valence electrons. The van der Waals surface area contributed by atoms with E-state index in [9.17, 15) is 0 Å². The van der Waals surface area contributed by atoms with E-state index in [0.29, 0.717) is 29.7 Å². The fourth-order valence-electron chi connectivity index (χ4n) is 3.39. The topological polar surface area (TPSA) is 81.6 Å². The van der Waals surface area contributed by atoms with Crippen LogP contribution in [0, 0.1) is 0 Å². The molecule has 8 nitrogen and oxygen atoms in total. The van der Waals surface area contributed by atoms with Gasteiger partial charge in [-0.1, -0.05) is 6.07 Å². The van der Waals surface area contributed by atoms with Crippen LogP contribution in [0.2, 0.25) is 0 Å². The first kappa shape index (κ1) is 18.8. The highest BCUT2D eigenvalue weighted by molar-refractivity contribution is 5.64. The van der Waals surface area contributed by atoms with Gasteiger partial charge in [-0.15, -0.1) is 0 Å². The molecule has 0 saturated heterocycles. The molecule has 0 radical (unpaired) electrons. The van der Waals surface area contributed by atoms with E-state index in [1.54, 1.807) is 27.5 Å². The van der Waals surface area contributed by atoms with Crippen LogP contribution in [0.15, 0.2) is 42.7 Å². The van der Waals surface area contributed by atoms with E-state index in [0.717, 1.165) is 35.7 Å². The summed E-state index contributed by atoms with van der Waals surface area (Å²) in [6.45, 7) is 1.36. The molecule has 0 atom stereocenters. The lowest BCUT2D eigenvalue weighted by Crippen LogP contribution is -2.16. The van der Waals surface area contributed by atoms with Crippen molar-refractivity contribution < 1.29 is 14.2 Å². The van der Waals surface area contributed by atoms with Gasteiger partial charge < -0.3 is 24.4 Å². The number of anilines is 3. The quantitative estimate of drug-likeness (QED) is 0.655. The van der Waals surface area contributed by atoms with Gasteiger partial charge in [-0.05, 0) is 36.2 Å². The molecule has 1 aromatic carbocycles. The molecular weight excluding hydrogens is 370 g/mol. The second-order valence-corrected chi connectivity index (χ2v) is 6.52. The minimum Gasteiger partial charge on any atom is -0.493 e. The standard InChI is InChI=1S/C21H23N5O3/c1-27-16-10-14(11-17(28-2)19(16)29-3)12-23-21-24-13-15-7-9-26(20(15)25-21)18-6-4-5-8-22-18/h4-6,8,10-11,13H,7,9,12H2,1-3H3,(H,23,24,25). The van der Waals surface area contributed by atoms with Crippen molar-refractivity contribution in [3.05, 3.63) is 53.9 Å². The van der Waals surface area contributed by atoms with Gasteiger partial charge in [0.05, 0.1) is 21.3 Å². The van der Waals surface area contributed by atoms with E-state index in [4.69, 9.17) is 19.2 Å². The molecule has 0 bridgehead atoms. The molecular formula is C21H23N5O3. The molecule has 4 rings (SSSR count). The number of ether oxygens (including phenoxy) is 3. The van der Waals surface area contributed by atoms with Gasteiger partial charge in [0, 0.05) is 31.0 Å². The molecule has 0 amide bonds. The lowest BCUT2D eigenvalue weighted by molar-refractivity contribution is 0.324. The summed E-state index contributed by atoms with van der Waals surface area (Å²) in [6.07, 6.45) is 4.57. The molecule has 3 heterocycles. The number of hydrogen-bond acceptors (Lipinski definition) is 8. The predicted molar refractivity (Wildman–Crippen MR) is 110 cm³/mol. The van der Waals surface area contributed by atoms with Crippen LogP contribution in [0.1, 0.15) is 11.1 Å². The first-order valence-corrected chi connectivity index (χ1v) is 9.30. The third kappa shape index (κ3) is 3.73. The summed E-state index contributed by atoms with van der Waals surface area (Å²) in [7, 11) is 4.79. The van der Waals surface area contributed by atoms with E-state index in [2.05, 4.69) is 20.2 Å². The second kappa shape index (κ2) is 8.22. The minimum atomic E-state index is 0.513. The van der Waals surface area contributed by atoms with Crippen molar-refractivity contribution in [2.24, 2.45) is 0 Å². The maximum Gasteiger partial charge on any atom is 0.224 e. The number of methoxy groups -OCH3 is 3. The molecule has 8 heteroatoms. The largest absolute Gasteiger partial charge is 0.493 e. The molecule has 0 aliphatic carbocycles. The van der Waals surface area contributed by atoms with Crippen LogP contribution in [-0.2, 0) is 13.0 Å². The number of pyridine rings is 1. The van der Waals surface area contributed by atoms with E-state index in [1.807, 2.05) is 36.5 Å². The Morgan fingerprint density at radius 3 is 2.48 bits per heavy atom. The normalized spacial score (nSPS) is 12.4. The summed E-state index contributed by atoms with van der Waals surface area (Å²) in [5.74, 6) is 4.13. The summed E-state index contributed by atoms with van der Waals surface area (Å²) in [6, 6.07) is 9.68. The smallest absolute Gasteiger partial charge is 0.224 e. The van der Waals surface area contributed by atoms with Crippen molar-refractivity contribution in [3.63, 3.8) is 0 Å². The number of rotatable bonds is 7. The molecule has 3 aromatic rings. The zero-order valence-corrected chi connectivity index (χ0v) is 16.7. The third-order valence-corrected chi connectivity index (χ3v) is 4.80. The first-order valence-electron chi connectivity index (χ1n) is 9.30. The highest BCUT2D eigenvalue weighted by atomic mass is 16.5. The summed E-state index contributed by atoms with van der Waals surface area (Å²) >= 11 is 0.